The molecular formula is C13H20N2. The van der Waals surface area contributed by atoms with Gasteiger partial charge in [-0.2, -0.15) is 0 Å². The van der Waals surface area contributed by atoms with Gasteiger partial charge in [0, 0.05) is 31.7 Å². The summed E-state index contributed by atoms with van der Waals surface area (Å²) in [5, 5.41) is 3.48. The molecule has 15 heavy (non-hydrogen) atoms. The van der Waals surface area contributed by atoms with Crippen molar-refractivity contribution in [3.8, 4) is 0 Å². The molecule has 0 saturated carbocycles. The molecule has 2 heteroatoms. The third kappa shape index (κ3) is 2.39. The van der Waals surface area contributed by atoms with Crippen LogP contribution in [0.5, 0.6) is 0 Å². The van der Waals surface area contributed by atoms with Crippen molar-refractivity contribution in [2.75, 3.05) is 19.6 Å². The largest absolute Gasteiger partial charge is 0.314 e. The smallest absolute Gasteiger partial charge is 0.0475 e. The second-order valence-electron chi connectivity index (χ2n) is 4.46. The summed E-state index contributed by atoms with van der Waals surface area (Å²) in [6.07, 6.45) is 0. The van der Waals surface area contributed by atoms with Crippen molar-refractivity contribution in [3.63, 3.8) is 0 Å². The summed E-state index contributed by atoms with van der Waals surface area (Å²) in [6, 6.07) is 12.0. The van der Waals surface area contributed by atoms with Crippen molar-refractivity contribution in [1.29, 1.82) is 0 Å². The number of nitrogens with zero attached hydrogens (tertiary/aromatic N) is 1. The fourth-order valence-corrected chi connectivity index (χ4v) is 2.32. The maximum absolute atomic E-state index is 3.48. The van der Waals surface area contributed by atoms with Gasteiger partial charge in [0.15, 0.2) is 0 Å². The third-order valence-corrected chi connectivity index (χ3v) is 3.13. The summed E-state index contributed by atoms with van der Waals surface area (Å²) < 4.78 is 0. The van der Waals surface area contributed by atoms with E-state index in [9.17, 15) is 0 Å². The SMILES string of the molecule is CC(C)N1CCNC[C@H]1c1ccccc1. The van der Waals surface area contributed by atoms with E-state index in [0.29, 0.717) is 12.1 Å². The van der Waals surface area contributed by atoms with Crippen molar-refractivity contribution in [2.45, 2.75) is 25.9 Å². The maximum Gasteiger partial charge on any atom is 0.0475 e. The molecule has 1 saturated heterocycles. The van der Waals surface area contributed by atoms with Gasteiger partial charge >= 0.3 is 0 Å². The van der Waals surface area contributed by atoms with Gasteiger partial charge in [-0.15, -0.1) is 0 Å². The van der Waals surface area contributed by atoms with E-state index >= 15 is 0 Å². The molecule has 1 fully saturated rings. The van der Waals surface area contributed by atoms with Crippen LogP contribution in [0.3, 0.4) is 0 Å². The minimum atomic E-state index is 0.542. The molecule has 1 heterocycles. The van der Waals surface area contributed by atoms with Gasteiger partial charge in [0.2, 0.25) is 0 Å². The normalized spacial score (nSPS) is 23.3. The minimum Gasteiger partial charge on any atom is -0.314 e. The first kappa shape index (κ1) is 10.7. The van der Waals surface area contributed by atoms with Gasteiger partial charge in [0.25, 0.3) is 0 Å². The number of benzene rings is 1. The number of rotatable bonds is 2. The molecule has 0 amide bonds. The van der Waals surface area contributed by atoms with Gasteiger partial charge in [-0.3, -0.25) is 4.90 Å². The van der Waals surface area contributed by atoms with Crippen LogP contribution >= 0.6 is 0 Å². The molecule has 1 aliphatic heterocycles. The highest BCUT2D eigenvalue weighted by Gasteiger charge is 2.25. The summed E-state index contributed by atoms with van der Waals surface area (Å²) in [6.45, 7) is 7.89. The van der Waals surface area contributed by atoms with Crippen LogP contribution in [-0.2, 0) is 0 Å². The fraction of sp³-hybridized carbons (Fsp3) is 0.538. The van der Waals surface area contributed by atoms with E-state index in [1.54, 1.807) is 0 Å². The van der Waals surface area contributed by atoms with Crippen molar-refractivity contribution in [2.24, 2.45) is 0 Å². The summed E-state index contributed by atoms with van der Waals surface area (Å²) in [5.41, 5.74) is 1.43. The topological polar surface area (TPSA) is 15.3 Å². The number of piperazine rings is 1. The fourth-order valence-electron chi connectivity index (χ4n) is 2.32. The van der Waals surface area contributed by atoms with Crippen molar-refractivity contribution in [1.82, 2.24) is 10.2 Å². The Balaban J connectivity index is 2.18. The standard InChI is InChI=1S/C13H20N2/c1-11(2)15-9-8-14-10-13(15)12-6-4-3-5-7-12/h3-7,11,13-14H,8-10H2,1-2H3/t13-/m0/s1. The van der Waals surface area contributed by atoms with E-state index in [2.05, 4.69) is 54.4 Å². The van der Waals surface area contributed by atoms with Crippen LogP contribution in [0, 0.1) is 0 Å². The lowest BCUT2D eigenvalue weighted by Crippen LogP contribution is -2.48. The molecule has 82 valence electrons. The summed E-state index contributed by atoms with van der Waals surface area (Å²) >= 11 is 0. The second kappa shape index (κ2) is 4.77. The first-order valence-electron chi connectivity index (χ1n) is 5.80. The van der Waals surface area contributed by atoms with Crippen LogP contribution in [0.25, 0.3) is 0 Å². The Bertz CT molecular complexity index is 295. The molecule has 1 atom stereocenters. The molecule has 1 aliphatic rings. The Hall–Kier alpha value is -0.860. The molecule has 1 aromatic rings. The summed E-state index contributed by atoms with van der Waals surface area (Å²) in [4.78, 5) is 2.58. The van der Waals surface area contributed by atoms with Crippen LogP contribution < -0.4 is 5.32 Å². The van der Waals surface area contributed by atoms with Gasteiger partial charge in [0.1, 0.15) is 0 Å². The third-order valence-electron chi connectivity index (χ3n) is 3.13. The Kier molecular flexibility index (Phi) is 3.39. The molecule has 0 aliphatic carbocycles. The van der Waals surface area contributed by atoms with Gasteiger partial charge < -0.3 is 5.32 Å². The molecule has 0 aromatic heterocycles. The Labute approximate surface area is 92.3 Å². The van der Waals surface area contributed by atoms with Crippen molar-refractivity contribution in [3.05, 3.63) is 35.9 Å². The highest BCUT2D eigenvalue weighted by Crippen LogP contribution is 2.23. The number of hydrogen-bond acceptors (Lipinski definition) is 2. The van der Waals surface area contributed by atoms with E-state index in [1.165, 1.54) is 5.56 Å². The molecule has 0 bridgehead atoms. The first-order valence-corrected chi connectivity index (χ1v) is 5.80. The first-order chi connectivity index (χ1) is 7.29. The van der Waals surface area contributed by atoms with Gasteiger partial charge in [-0.1, -0.05) is 30.3 Å². The van der Waals surface area contributed by atoms with Crippen LogP contribution in [0.1, 0.15) is 25.5 Å². The average Bonchev–Trinajstić information content (AvgIpc) is 2.30. The predicted molar refractivity (Wildman–Crippen MR) is 63.9 cm³/mol. The molecule has 0 radical (unpaired) electrons. The molecule has 0 spiro atoms. The number of nitrogens with one attached hydrogen (secondary N) is 1. The van der Waals surface area contributed by atoms with Crippen LogP contribution in [0.2, 0.25) is 0 Å². The monoisotopic (exact) mass is 204 g/mol. The second-order valence-corrected chi connectivity index (χ2v) is 4.46. The number of hydrogen-bond donors (Lipinski definition) is 1. The van der Waals surface area contributed by atoms with E-state index in [4.69, 9.17) is 0 Å². The lowest BCUT2D eigenvalue weighted by Gasteiger charge is -2.39. The zero-order valence-electron chi connectivity index (χ0n) is 9.61. The van der Waals surface area contributed by atoms with Gasteiger partial charge in [-0.05, 0) is 19.4 Å². The van der Waals surface area contributed by atoms with Crippen molar-refractivity contribution >= 4 is 0 Å². The highest BCUT2D eigenvalue weighted by molar-refractivity contribution is 5.20. The highest BCUT2D eigenvalue weighted by atomic mass is 15.2. The summed E-state index contributed by atoms with van der Waals surface area (Å²) in [5.74, 6) is 0. The average molecular weight is 204 g/mol. The quantitative estimate of drug-likeness (QED) is 0.793. The van der Waals surface area contributed by atoms with Gasteiger partial charge in [-0.25, -0.2) is 0 Å². The van der Waals surface area contributed by atoms with E-state index < -0.39 is 0 Å². The zero-order chi connectivity index (χ0) is 10.7. The van der Waals surface area contributed by atoms with Crippen LogP contribution in [0.4, 0.5) is 0 Å². The zero-order valence-corrected chi connectivity index (χ0v) is 9.61. The molecular weight excluding hydrogens is 184 g/mol. The van der Waals surface area contributed by atoms with Crippen LogP contribution in [-0.4, -0.2) is 30.6 Å². The van der Waals surface area contributed by atoms with E-state index in [0.717, 1.165) is 19.6 Å². The van der Waals surface area contributed by atoms with E-state index in [-0.39, 0.29) is 0 Å². The molecule has 1 aromatic carbocycles. The van der Waals surface area contributed by atoms with E-state index in [1.807, 2.05) is 0 Å². The Morgan fingerprint density at radius 1 is 1.27 bits per heavy atom. The maximum atomic E-state index is 3.48. The Morgan fingerprint density at radius 3 is 2.67 bits per heavy atom. The van der Waals surface area contributed by atoms with Crippen LogP contribution in [0.15, 0.2) is 30.3 Å². The molecule has 0 unspecified atom stereocenters. The molecule has 1 N–H and O–H groups in total. The minimum absolute atomic E-state index is 0.542. The van der Waals surface area contributed by atoms with Gasteiger partial charge in [0.05, 0.1) is 0 Å². The van der Waals surface area contributed by atoms with Crippen molar-refractivity contribution < 1.29 is 0 Å². The summed E-state index contributed by atoms with van der Waals surface area (Å²) in [7, 11) is 0. The lowest BCUT2D eigenvalue weighted by molar-refractivity contribution is 0.124. The molecule has 2 rings (SSSR count). The molecule has 2 nitrogen and oxygen atoms in total. The lowest BCUT2D eigenvalue weighted by atomic mass is 10.0. The predicted octanol–water partition coefficient (Wildman–Crippen LogP) is 2.04. The Morgan fingerprint density at radius 2 is 2.00 bits per heavy atom.